The fraction of sp³-hybridized carbons (Fsp3) is 0.0541. The average molecular weight is 712 g/mol. The minimum atomic E-state index is -0.751. The van der Waals surface area contributed by atoms with Crippen molar-refractivity contribution in [2.45, 2.75) is 17.1 Å². The molecular weight excluding hydrogens is 683 g/mol. The van der Waals surface area contributed by atoms with Gasteiger partial charge in [0.1, 0.15) is 10.9 Å². The molecule has 12 heteroatoms. The molecular formula is C37H28Cl2N4O5S. The highest BCUT2D eigenvalue weighted by Crippen LogP contribution is 2.38. The Bertz CT molecular complexity index is 2060. The number of hydrogen-bond acceptors (Lipinski definition) is 6. The second-order valence-electron chi connectivity index (χ2n) is 10.7. The molecule has 0 aliphatic rings. The number of benzene rings is 5. The minimum absolute atomic E-state index is 0.0648. The number of carbonyl (C=O) groups is 3. The summed E-state index contributed by atoms with van der Waals surface area (Å²) in [4.78, 5) is 51.9. The Morgan fingerprint density at radius 3 is 2.22 bits per heavy atom. The first kappa shape index (κ1) is 34.9. The molecule has 3 N–H and O–H groups in total. The molecule has 9 nitrogen and oxygen atoms in total. The Kier molecular flexibility index (Phi) is 11.5. The Hall–Kier alpha value is -5.42. The monoisotopic (exact) mass is 710 g/mol. The summed E-state index contributed by atoms with van der Waals surface area (Å²) in [5.41, 5.74) is 2.72. The number of thioether (sulfide) groups is 1. The van der Waals surface area contributed by atoms with Crippen LogP contribution in [-0.4, -0.2) is 22.6 Å². The number of nitrogens with zero attached hydrogens (tertiary/aromatic N) is 1. The van der Waals surface area contributed by atoms with E-state index in [1.807, 2.05) is 30.3 Å². The lowest BCUT2D eigenvalue weighted by Crippen LogP contribution is -2.30. The number of hydrogen-bond donors (Lipinski definition) is 3. The van der Waals surface area contributed by atoms with Gasteiger partial charge in [-0.25, -0.2) is 0 Å². The molecule has 0 fully saturated rings. The van der Waals surface area contributed by atoms with Gasteiger partial charge in [-0.1, -0.05) is 89.9 Å². The summed E-state index contributed by atoms with van der Waals surface area (Å²) >= 11 is 13.7. The molecule has 5 aromatic rings. The molecule has 5 rings (SSSR count). The van der Waals surface area contributed by atoms with Gasteiger partial charge < -0.3 is 16.0 Å². The zero-order valence-electron chi connectivity index (χ0n) is 25.9. The van der Waals surface area contributed by atoms with Crippen molar-refractivity contribution in [1.29, 1.82) is 0 Å². The Morgan fingerprint density at radius 1 is 0.816 bits per heavy atom. The highest BCUT2D eigenvalue weighted by atomic mass is 35.5. The molecule has 5 aromatic carbocycles. The topological polar surface area (TPSA) is 130 Å². The number of aryl methyl sites for hydroxylation is 1. The summed E-state index contributed by atoms with van der Waals surface area (Å²) < 4.78 is 0. The summed E-state index contributed by atoms with van der Waals surface area (Å²) in [5.74, 6) is -1.49. The van der Waals surface area contributed by atoms with Crippen LogP contribution in [0.5, 0.6) is 0 Å². The van der Waals surface area contributed by atoms with E-state index in [1.165, 1.54) is 36.0 Å². The summed E-state index contributed by atoms with van der Waals surface area (Å²) in [6, 6.07) is 33.5. The van der Waals surface area contributed by atoms with Crippen LogP contribution in [0.4, 0.5) is 17.1 Å². The van der Waals surface area contributed by atoms with E-state index in [1.54, 1.807) is 79.7 Å². The molecule has 0 aliphatic heterocycles. The van der Waals surface area contributed by atoms with Gasteiger partial charge in [-0.2, -0.15) is 0 Å². The van der Waals surface area contributed by atoms with Crippen LogP contribution in [0.3, 0.4) is 0 Å². The maximum Gasteiger partial charge on any atom is 0.272 e. The van der Waals surface area contributed by atoms with Crippen LogP contribution in [0.2, 0.25) is 10.0 Å². The van der Waals surface area contributed by atoms with Crippen LogP contribution in [0.15, 0.2) is 132 Å². The first-order chi connectivity index (χ1) is 23.6. The summed E-state index contributed by atoms with van der Waals surface area (Å²) in [6.45, 7) is 1.75. The van der Waals surface area contributed by atoms with E-state index in [2.05, 4.69) is 16.0 Å². The second-order valence-corrected chi connectivity index (χ2v) is 12.7. The van der Waals surface area contributed by atoms with E-state index in [0.29, 0.717) is 43.5 Å². The molecule has 0 spiro atoms. The Morgan fingerprint density at radius 2 is 1.53 bits per heavy atom. The van der Waals surface area contributed by atoms with Crippen molar-refractivity contribution in [3.05, 3.63) is 169 Å². The molecule has 0 radical (unpaired) electrons. The van der Waals surface area contributed by atoms with Gasteiger partial charge in [-0.15, -0.1) is 11.8 Å². The van der Waals surface area contributed by atoms with Crippen LogP contribution in [0.1, 0.15) is 32.3 Å². The molecule has 3 amide bonds. The van der Waals surface area contributed by atoms with E-state index in [4.69, 9.17) is 23.2 Å². The van der Waals surface area contributed by atoms with Gasteiger partial charge in [-0.3, -0.25) is 24.5 Å². The third kappa shape index (κ3) is 9.35. The van der Waals surface area contributed by atoms with E-state index < -0.39 is 22.0 Å². The number of rotatable bonds is 11. The van der Waals surface area contributed by atoms with E-state index >= 15 is 0 Å². The minimum Gasteiger partial charge on any atom is -0.324 e. The Balaban J connectivity index is 1.40. The predicted molar refractivity (Wildman–Crippen MR) is 195 cm³/mol. The largest absolute Gasteiger partial charge is 0.324 e. The van der Waals surface area contributed by atoms with E-state index in [9.17, 15) is 24.5 Å². The molecule has 0 saturated carbocycles. The van der Waals surface area contributed by atoms with Gasteiger partial charge in [0, 0.05) is 38.3 Å². The number of halogens is 2. The molecule has 1 unspecified atom stereocenters. The SMILES string of the molecule is Cc1ccc([N+](=O)[O-])cc1NC(=O)C(Sc1cccc(NC(=O)/C(=C\c2ccc(Cl)cc2Cl)NC(=O)c2ccccc2)c1)c1ccccc1. The van der Waals surface area contributed by atoms with Gasteiger partial charge in [0.25, 0.3) is 17.5 Å². The van der Waals surface area contributed by atoms with Crippen LogP contribution in [0.25, 0.3) is 6.08 Å². The van der Waals surface area contributed by atoms with Gasteiger partial charge in [0.2, 0.25) is 5.91 Å². The lowest BCUT2D eigenvalue weighted by Gasteiger charge is -2.18. The molecule has 0 aromatic heterocycles. The number of anilines is 2. The van der Waals surface area contributed by atoms with Crippen molar-refractivity contribution >= 4 is 75.8 Å². The number of nitro groups is 1. The normalized spacial score (nSPS) is 11.7. The molecule has 246 valence electrons. The smallest absolute Gasteiger partial charge is 0.272 e. The van der Waals surface area contributed by atoms with Crippen LogP contribution >= 0.6 is 35.0 Å². The van der Waals surface area contributed by atoms with Gasteiger partial charge in [0.15, 0.2) is 0 Å². The van der Waals surface area contributed by atoms with Crippen molar-refractivity contribution in [3.8, 4) is 0 Å². The van der Waals surface area contributed by atoms with Gasteiger partial charge in [0.05, 0.1) is 10.6 Å². The summed E-state index contributed by atoms with van der Waals surface area (Å²) in [6.07, 6.45) is 1.46. The van der Waals surface area contributed by atoms with Gasteiger partial charge >= 0.3 is 0 Å². The second kappa shape index (κ2) is 16.1. The van der Waals surface area contributed by atoms with Crippen molar-refractivity contribution in [2.75, 3.05) is 10.6 Å². The Labute approximate surface area is 296 Å². The van der Waals surface area contributed by atoms with E-state index in [0.717, 1.165) is 0 Å². The fourth-order valence-electron chi connectivity index (χ4n) is 4.66. The molecule has 49 heavy (non-hydrogen) atoms. The lowest BCUT2D eigenvalue weighted by molar-refractivity contribution is -0.384. The number of carbonyl (C=O) groups excluding carboxylic acids is 3. The highest BCUT2D eigenvalue weighted by Gasteiger charge is 2.24. The quantitative estimate of drug-likeness (QED) is 0.0543. The predicted octanol–water partition coefficient (Wildman–Crippen LogP) is 9.09. The highest BCUT2D eigenvalue weighted by molar-refractivity contribution is 8.00. The van der Waals surface area contributed by atoms with Crippen LogP contribution in [0, 0.1) is 17.0 Å². The number of nitrogens with one attached hydrogen (secondary N) is 3. The maximum atomic E-state index is 13.7. The van der Waals surface area contributed by atoms with Crippen molar-refractivity contribution in [3.63, 3.8) is 0 Å². The van der Waals surface area contributed by atoms with Crippen LogP contribution in [-0.2, 0) is 9.59 Å². The fourth-order valence-corrected chi connectivity index (χ4v) is 6.20. The number of nitro benzene ring substituents is 1. The van der Waals surface area contributed by atoms with E-state index in [-0.39, 0.29) is 22.3 Å². The van der Waals surface area contributed by atoms with Crippen molar-refractivity contribution in [2.24, 2.45) is 0 Å². The third-order valence-electron chi connectivity index (χ3n) is 7.17. The zero-order chi connectivity index (χ0) is 34.9. The summed E-state index contributed by atoms with van der Waals surface area (Å²) in [7, 11) is 0. The molecule has 0 aliphatic carbocycles. The zero-order valence-corrected chi connectivity index (χ0v) is 28.2. The molecule has 0 saturated heterocycles. The summed E-state index contributed by atoms with van der Waals surface area (Å²) in [5, 5.41) is 19.7. The maximum absolute atomic E-state index is 13.7. The van der Waals surface area contributed by atoms with Crippen LogP contribution < -0.4 is 16.0 Å². The number of amides is 3. The van der Waals surface area contributed by atoms with Crippen molar-refractivity contribution < 1.29 is 19.3 Å². The first-order valence-corrected chi connectivity index (χ1v) is 16.4. The van der Waals surface area contributed by atoms with Gasteiger partial charge in [-0.05, 0) is 72.2 Å². The standard InChI is InChI=1S/C37H28Cl2N4O5S/c1-23-15-18-29(43(47)48)22-32(23)41-37(46)34(24-9-4-2-5-10-24)49-30-14-8-13-28(21-30)40-36(45)33(19-26-16-17-27(38)20-31(26)39)42-35(44)25-11-6-3-7-12-25/h2-22,34H,1H3,(H,40,45)(H,41,46)(H,42,44)/b33-19+. The van der Waals surface area contributed by atoms with Crippen molar-refractivity contribution in [1.82, 2.24) is 5.32 Å². The molecule has 1 atom stereocenters. The third-order valence-corrected chi connectivity index (χ3v) is 8.98. The average Bonchev–Trinajstić information content (AvgIpc) is 3.09. The molecule has 0 heterocycles. The lowest BCUT2D eigenvalue weighted by atomic mass is 10.1. The number of non-ortho nitro benzene ring substituents is 1. The first-order valence-electron chi connectivity index (χ1n) is 14.8. The molecule has 0 bridgehead atoms.